The molecule has 3 aliphatic rings. The van der Waals surface area contributed by atoms with E-state index in [1.165, 1.54) is 25.7 Å². The Hall–Kier alpha value is -1.62. The highest BCUT2D eigenvalue weighted by Gasteiger charge is 2.36. The van der Waals surface area contributed by atoms with Gasteiger partial charge in [0.05, 0.1) is 11.9 Å². The summed E-state index contributed by atoms with van der Waals surface area (Å²) in [5.41, 5.74) is 2.11. The lowest BCUT2D eigenvalue weighted by Crippen LogP contribution is -2.50. The standard InChI is InChI=1S/C23H36N4O/c1-23(2,3)17-7-8-19(15-17)26-11-13-27(14-12-26)20-9-10-21(24-16-20)22(28)25-18-5-4-6-18/h9-10,16-19H,4-8,11-15H2,1-3H3,(H,25,28). The third-order valence-corrected chi connectivity index (χ3v) is 7.25. The maximum absolute atomic E-state index is 12.2. The van der Waals surface area contributed by atoms with Crippen LogP contribution in [0.1, 0.15) is 69.8 Å². The third kappa shape index (κ3) is 4.35. The van der Waals surface area contributed by atoms with Crippen LogP contribution in [0.25, 0.3) is 0 Å². The number of nitrogens with zero attached hydrogens (tertiary/aromatic N) is 3. The van der Waals surface area contributed by atoms with E-state index >= 15 is 0 Å². The highest BCUT2D eigenvalue weighted by atomic mass is 16.1. The van der Waals surface area contributed by atoms with Crippen LogP contribution in [-0.4, -0.2) is 54.1 Å². The highest BCUT2D eigenvalue weighted by molar-refractivity contribution is 5.92. The molecule has 2 unspecified atom stereocenters. The number of piperazine rings is 1. The molecule has 2 atom stereocenters. The van der Waals surface area contributed by atoms with Crippen LogP contribution in [0.5, 0.6) is 0 Å². The summed E-state index contributed by atoms with van der Waals surface area (Å²) in [5.74, 6) is 0.828. The van der Waals surface area contributed by atoms with Gasteiger partial charge in [0.1, 0.15) is 5.69 Å². The molecule has 1 N–H and O–H groups in total. The predicted octanol–water partition coefficient (Wildman–Crippen LogP) is 3.70. The summed E-state index contributed by atoms with van der Waals surface area (Å²) in [6.45, 7) is 11.5. The second-order valence-corrected chi connectivity index (χ2v) is 10.1. The van der Waals surface area contributed by atoms with Gasteiger partial charge in [-0.2, -0.15) is 0 Å². The van der Waals surface area contributed by atoms with Crippen molar-refractivity contribution < 1.29 is 4.79 Å². The fourth-order valence-electron chi connectivity index (χ4n) is 4.94. The van der Waals surface area contributed by atoms with Gasteiger partial charge in [0.2, 0.25) is 0 Å². The molecular formula is C23H36N4O. The SMILES string of the molecule is CC(C)(C)C1CCC(N2CCN(c3ccc(C(=O)NC4CCC4)nc3)CC2)C1. The minimum Gasteiger partial charge on any atom is -0.368 e. The largest absolute Gasteiger partial charge is 0.368 e. The van der Waals surface area contributed by atoms with E-state index < -0.39 is 0 Å². The number of hydrogen-bond donors (Lipinski definition) is 1. The van der Waals surface area contributed by atoms with Gasteiger partial charge in [-0.3, -0.25) is 9.69 Å². The number of aromatic nitrogens is 1. The van der Waals surface area contributed by atoms with E-state index in [1.807, 2.05) is 12.3 Å². The Morgan fingerprint density at radius 1 is 1.07 bits per heavy atom. The number of amides is 1. The maximum atomic E-state index is 12.2. The fourth-order valence-corrected chi connectivity index (χ4v) is 4.94. The summed E-state index contributed by atoms with van der Waals surface area (Å²) < 4.78 is 0. The van der Waals surface area contributed by atoms with Gasteiger partial charge in [-0.15, -0.1) is 0 Å². The molecule has 5 heteroatoms. The minimum atomic E-state index is -0.0318. The molecule has 0 bridgehead atoms. The van der Waals surface area contributed by atoms with E-state index in [0.29, 0.717) is 17.2 Å². The minimum absolute atomic E-state index is 0.0318. The lowest BCUT2D eigenvalue weighted by Gasteiger charge is -2.39. The number of carbonyl (C=O) groups excluding carboxylic acids is 1. The molecule has 2 heterocycles. The summed E-state index contributed by atoms with van der Waals surface area (Å²) in [6.07, 6.45) is 9.39. The lowest BCUT2D eigenvalue weighted by molar-refractivity contribution is 0.0912. The molecule has 1 saturated heterocycles. The maximum Gasteiger partial charge on any atom is 0.270 e. The summed E-state index contributed by atoms with van der Waals surface area (Å²) in [5, 5.41) is 3.06. The van der Waals surface area contributed by atoms with E-state index in [9.17, 15) is 4.79 Å². The molecule has 4 rings (SSSR count). The zero-order chi connectivity index (χ0) is 19.7. The summed E-state index contributed by atoms with van der Waals surface area (Å²) >= 11 is 0. The zero-order valence-electron chi connectivity index (χ0n) is 17.8. The molecule has 3 fully saturated rings. The normalized spacial score (nSPS) is 26.9. The van der Waals surface area contributed by atoms with Crippen molar-refractivity contribution in [1.82, 2.24) is 15.2 Å². The van der Waals surface area contributed by atoms with Crippen LogP contribution in [0, 0.1) is 11.3 Å². The first kappa shape index (κ1) is 19.7. The molecule has 0 aromatic carbocycles. The second kappa shape index (κ2) is 8.02. The quantitative estimate of drug-likeness (QED) is 0.860. The van der Waals surface area contributed by atoms with Gasteiger partial charge in [-0.25, -0.2) is 4.98 Å². The number of nitrogens with one attached hydrogen (secondary N) is 1. The first-order valence-corrected chi connectivity index (χ1v) is 11.2. The lowest BCUT2D eigenvalue weighted by atomic mass is 9.79. The Morgan fingerprint density at radius 2 is 1.82 bits per heavy atom. The van der Waals surface area contributed by atoms with Gasteiger partial charge in [0, 0.05) is 38.3 Å². The van der Waals surface area contributed by atoms with Gasteiger partial charge < -0.3 is 10.2 Å². The van der Waals surface area contributed by atoms with Crippen molar-refractivity contribution in [2.45, 2.75) is 71.4 Å². The fraction of sp³-hybridized carbons (Fsp3) is 0.739. The third-order valence-electron chi connectivity index (χ3n) is 7.25. The molecule has 2 aliphatic carbocycles. The van der Waals surface area contributed by atoms with E-state index in [2.05, 4.69) is 46.9 Å². The van der Waals surface area contributed by atoms with Crippen molar-refractivity contribution in [1.29, 1.82) is 0 Å². The summed E-state index contributed by atoms with van der Waals surface area (Å²) in [4.78, 5) is 21.8. The zero-order valence-corrected chi connectivity index (χ0v) is 17.8. The van der Waals surface area contributed by atoms with Crippen molar-refractivity contribution in [3.8, 4) is 0 Å². The number of pyridine rings is 1. The van der Waals surface area contributed by atoms with Crippen LogP contribution in [-0.2, 0) is 0 Å². The predicted molar refractivity (Wildman–Crippen MR) is 114 cm³/mol. The molecule has 1 aliphatic heterocycles. The van der Waals surface area contributed by atoms with Crippen LogP contribution >= 0.6 is 0 Å². The monoisotopic (exact) mass is 384 g/mol. The number of rotatable bonds is 4. The van der Waals surface area contributed by atoms with Gasteiger partial charge in [-0.05, 0) is 62.0 Å². The van der Waals surface area contributed by atoms with Crippen molar-refractivity contribution in [2.24, 2.45) is 11.3 Å². The van der Waals surface area contributed by atoms with Crippen molar-refractivity contribution in [3.05, 3.63) is 24.0 Å². The highest BCUT2D eigenvalue weighted by Crippen LogP contribution is 2.41. The Morgan fingerprint density at radius 3 is 2.36 bits per heavy atom. The van der Waals surface area contributed by atoms with Gasteiger partial charge in [0.25, 0.3) is 5.91 Å². The van der Waals surface area contributed by atoms with E-state index in [1.54, 1.807) is 0 Å². The number of anilines is 1. The van der Waals surface area contributed by atoms with Gasteiger partial charge in [-0.1, -0.05) is 20.8 Å². The van der Waals surface area contributed by atoms with Crippen LogP contribution in [0.4, 0.5) is 5.69 Å². The molecular weight excluding hydrogens is 348 g/mol. The van der Waals surface area contributed by atoms with Crippen LogP contribution in [0.15, 0.2) is 18.3 Å². The Balaban J connectivity index is 1.27. The first-order chi connectivity index (χ1) is 13.4. The molecule has 1 aromatic heterocycles. The Kier molecular flexibility index (Phi) is 5.64. The molecule has 154 valence electrons. The Bertz CT molecular complexity index is 669. The van der Waals surface area contributed by atoms with E-state index in [-0.39, 0.29) is 5.91 Å². The average Bonchev–Trinajstić information content (AvgIpc) is 3.15. The van der Waals surface area contributed by atoms with Gasteiger partial charge >= 0.3 is 0 Å². The van der Waals surface area contributed by atoms with E-state index in [0.717, 1.165) is 56.7 Å². The van der Waals surface area contributed by atoms with Crippen molar-refractivity contribution in [2.75, 3.05) is 31.1 Å². The molecule has 1 aromatic rings. The molecule has 1 amide bonds. The van der Waals surface area contributed by atoms with Crippen LogP contribution in [0.2, 0.25) is 0 Å². The first-order valence-electron chi connectivity index (χ1n) is 11.2. The molecule has 28 heavy (non-hydrogen) atoms. The topological polar surface area (TPSA) is 48.5 Å². The average molecular weight is 385 g/mol. The van der Waals surface area contributed by atoms with Crippen LogP contribution in [0.3, 0.4) is 0 Å². The van der Waals surface area contributed by atoms with Crippen LogP contribution < -0.4 is 10.2 Å². The van der Waals surface area contributed by atoms with E-state index in [4.69, 9.17) is 0 Å². The molecule has 5 nitrogen and oxygen atoms in total. The Labute approximate surface area is 169 Å². The smallest absolute Gasteiger partial charge is 0.270 e. The summed E-state index contributed by atoms with van der Waals surface area (Å²) in [6, 6.07) is 5.06. The molecule has 0 spiro atoms. The number of hydrogen-bond acceptors (Lipinski definition) is 4. The van der Waals surface area contributed by atoms with Gasteiger partial charge in [0.15, 0.2) is 0 Å². The second-order valence-electron chi connectivity index (χ2n) is 10.1. The number of carbonyl (C=O) groups is 1. The van der Waals surface area contributed by atoms with Crippen molar-refractivity contribution >= 4 is 11.6 Å². The molecule has 2 saturated carbocycles. The van der Waals surface area contributed by atoms with Crippen molar-refractivity contribution in [3.63, 3.8) is 0 Å². The molecule has 0 radical (unpaired) electrons. The summed E-state index contributed by atoms with van der Waals surface area (Å²) in [7, 11) is 0.